The fourth-order valence-electron chi connectivity index (χ4n) is 1.30. The number of ether oxygens (including phenoxy) is 1. The van der Waals surface area contributed by atoms with Gasteiger partial charge in [0.2, 0.25) is 0 Å². The maximum absolute atomic E-state index is 5.43. The maximum Gasteiger partial charge on any atom is 0.0593 e. The second-order valence-corrected chi connectivity index (χ2v) is 3.11. The first-order chi connectivity index (χ1) is 4.83. The summed E-state index contributed by atoms with van der Waals surface area (Å²) in [5, 5.41) is 0. The minimum Gasteiger partial charge on any atom is -0.380 e. The third-order valence-electron chi connectivity index (χ3n) is 2.12. The molecule has 0 N–H and O–H groups in total. The first-order valence-electron chi connectivity index (χ1n) is 4.09. The Morgan fingerprint density at radius 2 is 2.40 bits per heavy atom. The van der Waals surface area contributed by atoms with Crippen molar-refractivity contribution in [1.82, 2.24) is 4.90 Å². The molecule has 1 heterocycles. The van der Waals surface area contributed by atoms with E-state index in [0.29, 0.717) is 0 Å². The third-order valence-corrected chi connectivity index (χ3v) is 2.12. The molecule has 2 heteroatoms. The van der Waals surface area contributed by atoms with Crippen molar-refractivity contribution in [3.8, 4) is 0 Å². The van der Waals surface area contributed by atoms with Crippen molar-refractivity contribution in [3.05, 3.63) is 0 Å². The summed E-state index contributed by atoms with van der Waals surface area (Å²) in [7, 11) is 2.16. The Hall–Kier alpha value is -0.0800. The molecule has 2 nitrogen and oxygen atoms in total. The molecule has 0 radical (unpaired) electrons. The van der Waals surface area contributed by atoms with Crippen LogP contribution < -0.4 is 0 Å². The standard InChI is InChI=1S/C8H17NO/c1-3-8-6-9(2)4-5-10-7-8/h8H,3-7H2,1-2H3. The van der Waals surface area contributed by atoms with Crippen LogP contribution in [-0.2, 0) is 4.74 Å². The minimum atomic E-state index is 0.757. The zero-order chi connectivity index (χ0) is 7.40. The molecule has 0 aromatic heterocycles. The minimum absolute atomic E-state index is 0.757. The van der Waals surface area contributed by atoms with Gasteiger partial charge < -0.3 is 9.64 Å². The molecule has 1 saturated heterocycles. The molecule has 0 aromatic carbocycles. The van der Waals surface area contributed by atoms with Gasteiger partial charge in [-0.25, -0.2) is 0 Å². The van der Waals surface area contributed by atoms with Crippen molar-refractivity contribution in [1.29, 1.82) is 0 Å². The van der Waals surface area contributed by atoms with Crippen molar-refractivity contribution in [2.24, 2.45) is 5.92 Å². The van der Waals surface area contributed by atoms with E-state index < -0.39 is 0 Å². The Balaban J connectivity index is 2.30. The summed E-state index contributed by atoms with van der Waals surface area (Å²) in [6, 6.07) is 0. The number of hydrogen-bond donors (Lipinski definition) is 0. The number of nitrogens with zero attached hydrogens (tertiary/aromatic N) is 1. The maximum atomic E-state index is 5.43. The van der Waals surface area contributed by atoms with Gasteiger partial charge in [0, 0.05) is 13.1 Å². The Kier molecular flexibility index (Phi) is 3.16. The molecule has 1 unspecified atom stereocenters. The second-order valence-electron chi connectivity index (χ2n) is 3.11. The van der Waals surface area contributed by atoms with Crippen molar-refractivity contribution < 1.29 is 4.74 Å². The topological polar surface area (TPSA) is 12.5 Å². The van der Waals surface area contributed by atoms with Crippen LogP contribution in [0.5, 0.6) is 0 Å². The van der Waals surface area contributed by atoms with Gasteiger partial charge in [0.15, 0.2) is 0 Å². The van der Waals surface area contributed by atoms with E-state index in [-0.39, 0.29) is 0 Å². The smallest absolute Gasteiger partial charge is 0.0593 e. The summed E-state index contributed by atoms with van der Waals surface area (Å²) in [6.45, 7) is 6.40. The van der Waals surface area contributed by atoms with Crippen LogP contribution in [0.15, 0.2) is 0 Å². The molecule has 1 aliphatic heterocycles. The molecule has 0 spiro atoms. The predicted molar refractivity (Wildman–Crippen MR) is 42.1 cm³/mol. The van der Waals surface area contributed by atoms with Gasteiger partial charge in [-0.15, -0.1) is 0 Å². The predicted octanol–water partition coefficient (Wildman–Crippen LogP) is 0.975. The van der Waals surface area contributed by atoms with E-state index in [1.807, 2.05) is 0 Å². The Morgan fingerprint density at radius 3 is 3.10 bits per heavy atom. The lowest BCUT2D eigenvalue weighted by atomic mass is 10.1. The van der Waals surface area contributed by atoms with Crippen molar-refractivity contribution in [3.63, 3.8) is 0 Å². The number of rotatable bonds is 1. The highest BCUT2D eigenvalue weighted by Crippen LogP contribution is 2.07. The quantitative estimate of drug-likeness (QED) is 0.542. The van der Waals surface area contributed by atoms with E-state index >= 15 is 0 Å². The Bertz CT molecular complexity index is 95.3. The van der Waals surface area contributed by atoms with E-state index in [1.54, 1.807) is 0 Å². The van der Waals surface area contributed by atoms with Gasteiger partial charge >= 0.3 is 0 Å². The van der Waals surface area contributed by atoms with Crippen LogP contribution in [-0.4, -0.2) is 38.3 Å². The van der Waals surface area contributed by atoms with E-state index in [2.05, 4.69) is 18.9 Å². The molecule has 1 aliphatic rings. The summed E-state index contributed by atoms with van der Waals surface area (Å²) in [5.41, 5.74) is 0. The lowest BCUT2D eigenvalue weighted by Crippen LogP contribution is -2.25. The van der Waals surface area contributed by atoms with Crippen LogP contribution in [0.1, 0.15) is 13.3 Å². The first kappa shape index (κ1) is 8.02. The lowest BCUT2D eigenvalue weighted by Gasteiger charge is -2.16. The molecular formula is C8H17NO. The van der Waals surface area contributed by atoms with Crippen molar-refractivity contribution in [2.75, 3.05) is 33.4 Å². The summed E-state index contributed by atoms with van der Waals surface area (Å²) in [5.74, 6) is 0.757. The van der Waals surface area contributed by atoms with E-state index in [4.69, 9.17) is 4.74 Å². The lowest BCUT2D eigenvalue weighted by molar-refractivity contribution is 0.121. The van der Waals surface area contributed by atoms with Gasteiger partial charge in [-0.2, -0.15) is 0 Å². The summed E-state index contributed by atoms with van der Waals surface area (Å²) in [4.78, 5) is 2.35. The van der Waals surface area contributed by atoms with Crippen molar-refractivity contribution >= 4 is 0 Å². The van der Waals surface area contributed by atoms with Crippen LogP contribution in [0.2, 0.25) is 0 Å². The summed E-state index contributed by atoms with van der Waals surface area (Å²) in [6.07, 6.45) is 1.24. The van der Waals surface area contributed by atoms with Gasteiger partial charge in [0.25, 0.3) is 0 Å². The highest BCUT2D eigenvalue weighted by Gasteiger charge is 2.13. The molecule has 1 atom stereocenters. The molecular weight excluding hydrogens is 126 g/mol. The average Bonchev–Trinajstić information content (AvgIpc) is 2.13. The fourth-order valence-corrected chi connectivity index (χ4v) is 1.30. The second kappa shape index (κ2) is 3.94. The van der Waals surface area contributed by atoms with E-state index in [9.17, 15) is 0 Å². The largest absolute Gasteiger partial charge is 0.380 e. The normalized spacial score (nSPS) is 30.0. The highest BCUT2D eigenvalue weighted by molar-refractivity contribution is 4.64. The molecule has 1 rings (SSSR count). The molecule has 0 aromatic rings. The monoisotopic (exact) mass is 143 g/mol. The van der Waals surface area contributed by atoms with E-state index in [1.165, 1.54) is 13.0 Å². The van der Waals surface area contributed by atoms with Crippen LogP contribution in [0.25, 0.3) is 0 Å². The molecule has 0 aliphatic carbocycles. The van der Waals surface area contributed by atoms with Crippen molar-refractivity contribution in [2.45, 2.75) is 13.3 Å². The first-order valence-corrected chi connectivity index (χ1v) is 4.09. The summed E-state index contributed by atoms with van der Waals surface area (Å²) >= 11 is 0. The van der Waals surface area contributed by atoms with Crippen LogP contribution in [0.3, 0.4) is 0 Å². The molecule has 0 bridgehead atoms. The zero-order valence-corrected chi connectivity index (χ0v) is 6.97. The Morgan fingerprint density at radius 1 is 1.60 bits per heavy atom. The van der Waals surface area contributed by atoms with Crippen LogP contribution >= 0.6 is 0 Å². The summed E-state index contributed by atoms with van der Waals surface area (Å²) < 4.78 is 5.43. The number of hydrogen-bond acceptors (Lipinski definition) is 2. The van der Waals surface area contributed by atoms with Gasteiger partial charge in [0.1, 0.15) is 0 Å². The van der Waals surface area contributed by atoms with Gasteiger partial charge in [-0.05, 0) is 19.4 Å². The third kappa shape index (κ3) is 2.27. The molecule has 60 valence electrons. The van der Waals surface area contributed by atoms with Gasteiger partial charge in [-0.3, -0.25) is 0 Å². The van der Waals surface area contributed by atoms with Gasteiger partial charge in [0.05, 0.1) is 13.2 Å². The van der Waals surface area contributed by atoms with Gasteiger partial charge in [-0.1, -0.05) is 6.92 Å². The fraction of sp³-hybridized carbons (Fsp3) is 1.00. The number of likely N-dealkylation sites (N-methyl/N-ethyl adjacent to an activating group) is 1. The molecule has 1 fully saturated rings. The molecule has 0 saturated carbocycles. The van der Waals surface area contributed by atoms with E-state index in [0.717, 1.165) is 25.7 Å². The van der Waals surface area contributed by atoms with Crippen LogP contribution in [0, 0.1) is 5.92 Å². The zero-order valence-electron chi connectivity index (χ0n) is 6.97. The highest BCUT2D eigenvalue weighted by atomic mass is 16.5. The SMILES string of the molecule is CCC1COCCN(C)C1. The van der Waals surface area contributed by atoms with Crippen LogP contribution in [0.4, 0.5) is 0 Å². The average molecular weight is 143 g/mol. The molecule has 10 heavy (non-hydrogen) atoms. The molecule has 0 amide bonds. The Labute approximate surface area is 63.2 Å².